The Bertz CT molecular complexity index is 534. The summed E-state index contributed by atoms with van der Waals surface area (Å²) in [5, 5.41) is 3.47. The number of hydrogen-bond acceptors (Lipinski definition) is 3. The van der Waals surface area contributed by atoms with Crippen LogP contribution >= 0.6 is 0 Å². The van der Waals surface area contributed by atoms with Crippen molar-refractivity contribution >= 4 is 5.96 Å². The van der Waals surface area contributed by atoms with E-state index in [0.29, 0.717) is 12.5 Å². The third-order valence-corrected chi connectivity index (χ3v) is 5.05. The molecule has 0 bridgehead atoms. The smallest absolute Gasteiger partial charge is 0.193 e. The second-order valence-corrected chi connectivity index (χ2v) is 7.27. The molecule has 0 aliphatic carbocycles. The average molecular weight is 375 g/mol. The topological polar surface area (TPSA) is 40.1 Å². The maximum atomic E-state index is 5.95. The van der Waals surface area contributed by atoms with E-state index >= 15 is 0 Å². The Labute approximate surface area is 165 Å². The predicted octanol–water partition coefficient (Wildman–Crippen LogP) is 3.22. The molecule has 1 atom stereocenters. The van der Waals surface area contributed by atoms with Crippen LogP contribution in [0.1, 0.15) is 39.2 Å². The molecule has 0 saturated carbocycles. The van der Waals surface area contributed by atoms with Gasteiger partial charge in [0.1, 0.15) is 0 Å². The van der Waals surface area contributed by atoms with Gasteiger partial charge >= 0.3 is 0 Å². The minimum atomic E-state index is 0.588. The van der Waals surface area contributed by atoms with Gasteiger partial charge in [-0.25, -0.2) is 0 Å². The lowest BCUT2D eigenvalue weighted by Crippen LogP contribution is -2.41. The van der Waals surface area contributed by atoms with E-state index < -0.39 is 0 Å². The molecule has 0 aromatic heterocycles. The van der Waals surface area contributed by atoms with Crippen LogP contribution in [0, 0.1) is 5.92 Å². The van der Waals surface area contributed by atoms with Crippen molar-refractivity contribution in [3.63, 3.8) is 0 Å². The zero-order valence-electron chi connectivity index (χ0n) is 17.5. The zero-order chi connectivity index (χ0) is 19.3. The lowest BCUT2D eigenvalue weighted by atomic mass is 10.1. The minimum absolute atomic E-state index is 0.588. The second kappa shape index (κ2) is 12.7. The molecule has 27 heavy (non-hydrogen) atoms. The van der Waals surface area contributed by atoms with Crippen molar-refractivity contribution in [3.8, 4) is 0 Å². The molecule has 1 fully saturated rings. The van der Waals surface area contributed by atoms with Crippen LogP contribution in [-0.2, 0) is 11.3 Å². The van der Waals surface area contributed by atoms with Gasteiger partial charge in [0, 0.05) is 32.1 Å². The SMILES string of the molecule is CCCN(CC)CCN=C(NCC)N1CCC(COCc2ccccc2)C1. The molecule has 1 saturated heterocycles. The van der Waals surface area contributed by atoms with Gasteiger partial charge in [0.15, 0.2) is 5.96 Å². The fourth-order valence-electron chi connectivity index (χ4n) is 3.55. The van der Waals surface area contributed by atoms with Gasteiger partial charge in [-0.1, -0.05) is 44.2 Å². The van der Waals surface area contributed by atoms with E-state index in [1.807, 2.05) is 6.07 Å². The summed E-state index contributed by atoms with van der Waals surface area (Å²) in [4.78, 5) is 9.75. The van der Waals surface area contributed by atoms with E-state index in [-0.39, 0.29) is 0 Å². The summed E-state index contributed by atoms with van der Waals surface area (Å²) in [6.45, 7) is 15.3. The van der Waals surface area contributed by atoms with E-state index in [1.165, 1.54) is 18.4 Å². The van der Waals surface area contributed by atoms with E-state index in [1.54, 1.807) is 0 Å². The highest BCUT2D eigenvalue weighted by atomic mass is 16.5. The Morgan fingerprint density at radius 2 is 2.04 bits per heavy atom. The Morgan fingerprint density at radius 1 is 1.22 bits per heavy atom. The maximum absolute atomic E-state index is 5.95. The van der Waals surface area contributed by atoms with Gasteiger partial charge in [0.05, 0.1) is 19.8 Å². The largest absolute Gasteiger partial charge is 0.376 e. The first kappa shape index (κ1) is 21.7. The molecule has 0 radical (unpaired) electrons. The first-order chi connectivity index (χ1) is 13.3. The molecular formula is C22H38N4O. The minimum Gasteiger partial charge on any atom is -0.376 e. The van der Waals surface area contributed by atoms with Crippen LogP contribution in [0.15, 0.2) is 35.3 Å². The van der Waals surface area contributed by atoms with Gasteiger partial charge in [0.2, 0.25) is 0 Å². The first-order valence-corrected chi connectivity index (χ1v) is 10.6. The molecule has 0 spiro atoms. The Kier molecular flexibility index (Phi) is 10.2. The van der Waals surface area contributed by atoms with Gasteiger partial charge in [-0.05, 0) is 38.4 Å². The fourth-order valence-corrected chi connectivity index (χ4v) is 3.55. The standard InChI is InChI=1S/C22H38N4O/c1-4-14-25(6-3)16-13-24-22(23-5-2)26-15-12-21(17-26)19-27-18-20-10-8-7-9-11-20/h7-11,21H,4-6,12-19H2,1-3H3,(H,23,24). The van der Waals surface area contributed by atoms with Crippen LogP contribution in [0.25, 0.3) is 0 Å². The molecular weight excluding hydrogens is 336 g/mol. The monoisotopic (exact) mass is 374 g/mol. The molecule has 1 unspecified atom stereocenters. The van der Waals surface area contributed by atoms with Crippen LogP contribution in [-0.4, -0.2) is 68.2 Å². The molecule has 1 N–H and O–H groups in total. The average Bonchev–Trinajstić information content (AvgIpc) is 3.16. The van der Waals surface area contributed by atoms with E-state index in [0.717, 1.165) is 58.4 Å². The molecule has 152 valence electrons. The van der Waals surface area contributed by atoms with Gasteiger partial charge in [-0.3, -0.25) is 4.99 Å². The second-order valence-electron chi connectivity index (χ2n) is 7.27. The van der Waals surface area contributed by atoms with Crippen molar-refractivity contribution in [1.82, 2.24) is 15.1 Å². The van der Waals surface area contributed by atoms with Crippen LogP contribution in [0.2, 0.25) is 0 Å². The van der Waals surface area contributed by atoms with Crippen LogP contribution in [0.4, 0.5) is 0 Å². The fraction of sp³-hybridized carbons (Fsp3) is 0.682. The number of ether oxygens (including phenoxy) is 1. The lowest BCUT2D eigenvalue weighted by molar-refractivity contribution is 0.0906. The zero-order valence-corrected chi connectivity index (χ0v) is 17.5. The number of benzene rings is 1. The molecule has 1 aliphatic rings. The third-order valence-electron chi connectivity index (χ3n) is 5.05. The summed E-state index contributed by atoms with van der Waals surface area (Å²) >= 11 is 0. The summed E-state index contributed by atoms with van der Waals surface area (Å²) in [5.74, 6) is 1.65. The molecule has 1 heterocycles. The normalized spacial score (nSPS) is 17.7. The van der Waals surface area contributed by atoms with Gasteiger partial charge in [-0.15, -0.1) is 0 Å². The molecule has 1 aromatic carbocycles. The number of nitrogens with one attached hydrogen (secondary N) is 1. The number of nitrogens with zero attached hydrogens (tertiary/aromatic N) is 3. The Hall–Kier alpha value is -1.59. The number of guanidine groups is 1. The van der Waals surface area contributed by atoms with E-state index in [9.17, 15) is 0 Å². The molecule has 1 aliphatic heterocycles. The third kappa shape index (κ3) is 7.89. The van der Waals surface area contributed by atoms with Crippen molar-refractivity contribution in [2.24, 2.45) is 10.9 Å². The van der Waals surface area contributed by atoms with Gasteiger partial charge < -0.3 is 19.9 Å². The van der Waals surface area contributed by atoms with Crippen molar-refractivity contribution in [1.29, 1.82) is 0 Å². The number of aliphatic imine (C=N–C) groups is 1. The molecule has 5 nitrogen and oxygen atoms in total. The van der Waals surface area contributed by atoms with Crippen LogP contribution < -0.4 is 5.32 Å². The Morgan fingerprint density at radius 3 is 2.74 bits per heavy atom. The number of likely N-dealkylation sites (tertiary alicyclic amines) is 1. The first-order valence-electron chi connectivity index (χ1n) is 10.6. The summed E-state index contributed by atoms with van der Waals surface area (Å²) < 4.78 is 5.95. The Balaban J connectivity index is 1.75. The summed E-state index contributed by atoms with van der Waals surface area (Å²) in [7, 11) is 0. The highest BCUT2D eigenvalue weighted by Crippen LogP contribution is 2.17. The van der Waals surface area contributed by atoms with Crippen LogP contribution in [0.5, 0.6) is 0 Å². The highest BCUT2D eigenvalue weighted by Gasteiger charge is 2.25. The van der Waals surface area contributed by atoms with Crippen LogP contribution in [0.3, 0.4) is 0 Å². The van der Waals surface area contributed by atoms with Crippen molar-refractivity contribution in [2.75, 3.05) is 52.4 Å². The summed E-state index contributed by atoms with van der Waals surface area (Å²) in [6.07, 6.45) is 2.38. The van der Waals surface area contributed by atoms with Gasteiger partial charge in [0.25, 0.3) is 0 Å². The summed E-state index contributed by atoms with van der Waals surface area (Å²) in [5.41, 5.74) is 1.25. The molecule has 1 aromatic rings. The quantitative estimate of drug-likeness (QED) is 0.477. The lowest BCUT2D eigenvalue weighted by Gasteiger charge is -2.23. The highest BCUT2D eigenvalue weighted by molar-refractivity contribution is 5.80. The van der Waals surface area contributed by atoms with E-state index in [2.05, 4.69) is 60.2 Å². The number of hydrogen-bond donors (Lipinski definition) is 1. The number of likely N-dealkylation sites (N-methyl/N-ethyl adjacent to an activating group) is 1. The van der Waals surface area contributed by atoms with Gasteiger partial charge in [-0.2, -0.15) is 0 Å². The van der Waals surface area contributed by atoms with Crippen molar-refractivity contribution in [3.05, 3.63) is 35.9 Å². The summed E-state index contributed by atoms with van der Waals surface area (Å²) in [6, 6.07) is 10.4. The molecule has 5 heteroatoms. The predicted molar refractivity (Wildman–Crippen MR) is 114 cm³/mol. The molecule has 2 rings (SSSR count). The maximum Gasteiger partial charge on any atom is 0.193 e. The van der Waals surface area contributed by atoms with Crippen molar-refractivity contribution < 1.29 is 4.74 Å². The van der Waals surface area contributed by atoms with E-state index in [4.69, 9.17) is 9.73 Å². The number of rotatable bonds is 11. The molecule has 0 amide bonds. The van der Waals surface area contributed by atoms with Crippen molar-refractivity contribution in [2.45, 2.75) is 40.2 Å².